The van der Waals surface area contributed by atoms with Gasteiger partial charge in [0, 0.05) is 6.66 Å². The third-order valence-electron chi connectivity index (χ3n) is 4.91. The molecule has 0 bridgehead atoms. The summed E-state index contributed by atoms with van der Waals surface area (Å²) < 4.78 is 0. The topological polar surface area (TPSA) is 0 Å². The Balaban J connectivity index is 2.31. The fraction of sp³-hybridized carbons (Fsp3) is 0.294. The molecule has 2 aromatic rings. The molecule has 0 aromatic heterocycles. The summed E-state index contributed by atoms with van der Waals surface area (Å²) in [5.41, 5.74) is 0. The molecule has 3 unspecified atom stereocenters. The van der Waals surface area contributed by atoms with E-state index in [0.717, 1.165) is 0 Å². The van der Waals surface area contributed by atoms with E-state index in [-0.39, 0.29) is 21.9 Å². The van der Waals surface area contributed by atoms with Crippen molar-refractivity contribution in [2.24, 2.45) is 0 Å². The average Bonchev–Trinajstić information content (AvgIpc) is 2.68. The monoisotopic (exact) mass is 384 g/mol. The normalized spacial score (nSPS) is 29.4. The molecular formula is C17H25P5+2. The van der Waals surface area contributed by atoms with Crippen molar-refractivity contribution in [2.45, 2.75) is 0 Å². The van der Waals surface area contributed by atoms with Crippen molar-refractivity contribution in [3.8, 4) is 0 Å². The molecule has 0 radical (unpaired) electrons. The third kappa shape index (κ3) is 2.47. The Morgan fingerprint density at radius 1 is 0.636 bits per heavy atom. The fourth-order valence-electron chi connectivity index (χ4n) is 3.28. The lowest BCUT2D eigenvalue weighted by molar-refractivity contribution is 1.76. The minimum absolute atomic E-state index is 0.0926. The summed E-state index contributed by atoms with van der Waals surface area (Å²) >= 11 is 0. The molecule has 0 spiro atoms. The standard InChI is InChI=1S/C17H25P5/c1-18-19(2)22(20(3)21(18,4)5,16-12-8-6-9-13-16)17-14-10-7-11-15-17/h6-15H,1-5H3/q+2. The maximum Gasteiger partial charge on any atom is 0.221 e. The van der Waals surface area contributed by atoms with Gasteiger partial charge in [-0.1, -0.05) is 36.4 Å². The minimum atomic E-state index is -1.20. The average molecular weight is 384 g/mol. The molecule has 0 saturated carbocycles. The Labute approximate surface area is 139 Å². The van der Waals surface area contributed by atoms with Crippen molar-refractivity contribution in [2.75, 3.05) is 33.3 Å². The van der Waals surface area contributed by atoms with Gasteiger partial charge in [0.25, 0.3) is 0 Å². The molecule has 0 N–H and O–H groups in total. The van der Waals surface area contributed by atoms with Crippen LogP contribution in [0.15, 0.2) is 60.7 Å². The van der Waals surface area contributed by atoms with Crippen LogP contribution in [-0.4, -0.2) is 33.3 Å². The zero-order valence-electron chi connectivity index (χ0n) is 14.0. The van der Waals surface area contributed by atoms with Crippen LogP contribution in [0.3, 0.4) is 0 Å². The Morgan fingerprint density at radius 3 is 1.36 bits per heavy atom. The van der Waals surface area contributed by atoms with Crippen LogP contribution in [0.2, 0.25) is 0 Å². The first-order valence-corrected chi connectivity index (χ1v) is 20.9. The van der Waals surface area contributed by atoms with Gasteiger partial charge in [0.2, 0.25) is 7.30 Å². The van der Waals surface area contributed by atoms with Gasteiger partial charge in [-0.15, -0.1) is 0 Å². The van der Waals surface area contributed by atoms with Crippen LogP contribution in [0.1, 0.15) is 0 Å². The number of hydrogen-bond donors (Lipinski definition) is 0. The second-order valence-electron chi connectivity index (χ2n) is 6.08. The Bertz CT molecular complexity index is 601. The van der Waals surface area contributed by atoms with Crippen molar-refractivity contribution in [3.63, 3.8) is 0 Å². The Hall–Kier alpha value is 0.590. The summed E-state index contributed by atoms with van der Waals surface area (Å²) in [5, 5.41) is 3.37. The Morgan fingerprint density at radius 2 is 1.05 bits per heavy atom. The van der Waals surface area contributed by atoms with Crippen LogP contribution < -0.4 is 10.6 Å². The van der Waals surface area contributed by atoms with E-state index in [1.807, 2.05) is 0 Å². The molecule has 116 valence electrons. The largest absolute Gasteiger partial charge is 0.221 e. The van der Waals surface area contributed by atoms with Crippen LogP contribution in [0.5, 0.6) is 0 Å². The summed E-state index contributed by atoms with van der Waals surface area (Å²) in [5.74, 6) is 0. The predicted molar refractivity (Wildman–Crippen MR) is 116 cm³/mol. The van der Waals surface area contributed by atoms with Gasteiger partial charge in [-0.25, -0.2) is 0 Å². The molecule has 1 aliphatic rings. The van der Waals surface area contributed by atoms with Crippen LogP contribution in [0, 0.1) is 0 Å². The molecule has 5 heteroatoms. The zero-order valence-corrected chi connectivity index (χ0v) is 18.5. The highest BCUT2D eigenvalue weighted by Gasteiger charge is 2.74. The number of benzene rings is 2. The molecule has 1 fully saturated rings. The van der Waals surface area contributed by atoms with E-state index in [9.17, 15) is 0 Å². The highest BCUT2D eigenvalue weighted by molar-refractivity contribution is 9.17. The lowest BCUT2D eigenvalue weighted by atomic mass is 10.4. The van der Waals surface area contributed by atoms with Crippen LogP contribution >= 0.6 is 35.2 Å². The van der Waals surface area contributed by atoms with Gasteiger partial charge < -0.3 is 0 Å². The molecule has 1 saturated heterocycles. The van der Waals surface area contributed by atoms with Gasteiger partial charge in [0.05, 0.1) is 20.0 Å². The number of hydrogen-bond acceptors (Lipinski definition) is 0. The van der Waals surface area contributed by atoms with Crippen molar-refractivity contribution in [1.82, 2.24) is 0 Å². The molecule has 3 rings (SSSR count). The lowest BCUT2D eigenvalue weighted by Gasteiger charge is -2.27. The number of rotatable bonds is 2. The lowest BCUT2D eigenvalue weighted by Crippen LogP contribution is -2.17. The van der Waals surface area contributed by atoms with Crippen molar-refractivity contribution in [1.29, 1.82) is 0 Å². The molecule has 2 aromatic carbocycles. The van der Waals surface area contributed by atoms with Gasteiger partial charge in [-0.3, -0.25) is 0 Å². The molecule has 0 nitrogen and oxygen atoms in total. The maximum atomic E-state index is 2.66. The van der Waals surface area contributed by atoms with Crippen molar-refractivity contribution in [3.05, 3.63) is 60.7 Å². The summed E-state index contributed by atoms with van der Waals surface area (Å²) in [4.78, 5) is 0. The van der Waals surface area contributed by atoms with E-state index in [1.165, 1.54) is 0 Å². The molecule has 22 heavy (non-hydrogen) atoms. The predicted octanol–water partition coefficient (Wildman–Crippen LogP) is 6.86. The van der Waals surface area contributed by atoms with Gasteiger partial charge in [0.1, 0.15) is 25.2 Å². The van der Waals surface area contributed by atoms with E-state index < -0.39 is 13.3 Å². The molecular weight excluding hydrogens is 359 g/mol. The van der Waals surface area contributed by atoms with Gasteiger partial charge in [-0.05, 0) is 37.6 Å². The van der Waals surface area contributed by atoms with Gasteiger partial charge in [0.15, 0.2) is 6.64 Å². The van der Waals surface area contributed by atoms with E-state index in [4.69, 9.17) is 0 Å². The molecule has 1 aliphatic heterocycles. The fourth-order valence-corrected chi connectivity index (χ4v) is 91.7. The maximum absolute atomic E-state index is 2.66. The van der Waals surface area contributed by atoms with Crippen LogP contribution in [-0.2, 0) is 0 Å². The summed E-state index contributed by atoms with van der Waals surface area (Å²) in [7, 11) is 0.403. The molecule has 0 amide bonds. The van der Waals surface area contributed by atoms with E-state index in [1.54, 1.807) is 10.6 Å². The first-order chi connectivity index (χ1) is 10.4. The van der Waals surface area contributed by atoms with Crippen molar-refractivity contribution >= 4 is 45.8 Å². The minimum Gasteiger partial charge on any atom is -0.0620 e. The molecule has 3 atom stereocenters. The molecule has 1 heterocycles. The summed E-state index contributed by atoms with van der Waals surface area (Å²) in [6.07, 6.45) is 0. The molecule has 0 aliphatic carbocycles. The smallest absolute Gasteiger partial charge is 0.0620 e. The SMILES string of the molecule is CP1P(C)[P+](c2ccccc2)(c2ccccc2)P(C)[P+]1(C)C. The van der Waals surface area contributed by atoms with Crippen molar-refractivity contribution < 1.29 is 0 Å². The zero-order chi connectivity index (χ0) is 16.0. The first-order valence-electron chi connectivity index (χ1n) is 7.50. The second kappa shape index (κ2) is 6.48. The highest BCUT2D eigenvalue weighted by Crippen LogP contribution is 3.28. The van der Waals surface area contributed by atoms with E-state index >= 15 is 0 Å². The van der Waals surface area contributed by atoms with Crippen LogP contribution in [0.4, 0.5) is 0 Å². The third-order valence-corrected chi connectivity index (χ3v) is 64.8. The summed E-state index contributed by atoms with van der Waals surface area (Å²) in [6.45, 7) is 11.3. The highest BCUT2D eigenvalue weighted by atomic mass is 33.0. The Kier molecular flexibility index (Phi) is 5.13. The van der Waals surface area contributed by atoms with Gasteiger partial charge in [-0.2, -0.15) is 0 Å². The second-order valence-corrected chi connectivity index (χ2v) is 39.1. The summed E-state index contributed by atoms with van der Waals surface area (Å²) in [6, 6.07) is 23.1. The van der Waals surface area contributed by atoms with Gasteiger partial charge >= 0.3 is 0 Å². The quantitative estimate of drug-likeness (QED) is 0.497. The first kappa shape index (κ1) is 17.4. The van der Waals surface area contributed by atoms with E-state index in [2.05, 4.69) is 94.0 Å². The van der Waals surface area contributed by atoms with Crippen LogP contribution in [0.25, 0.3) is 0 Å². The van der Waals surface area contributed by atoms with E-state index in [0.29, 0.717) is 0 Å².